The molecule has 0 aliphatic carbocycles. The third-order valence-electron chi connectivity index (χ3n) is 3.11. The van der Waals surface area contributed by atoms with Gasteiger partial charge in [-0.25, -0.2) is 4.39 Å². The second-order valence-corrected chi connectivity index (χ2v) is 4.84. The average Bonchev–Trinajstić information content (AvgIpc) is 2.79. The van der Waals surface area contributed by atoms with Crippen LogP contribution in [0.2, 0.25) is 5.02 Å². The van der Waals surface area contributed by atoms with Crippen molar-refractivity contribution >= 4 is 11.6 Å². The van der Waals surface area contributed by atoms with Gasteiger partial charge in [-0.15, -0.1) is 0 Å². The lowest BCUT2D eigenvalue weighted by Crippen LogP contribution is -2.20. The molecule has 2 aromatic rings. The molecule has 1 aromatic heterocycles. The molecule has 1 heterocycles. The minimum Gasteiger partial charge on any atom is -0.496 e. The van der Waals surface area contributed by atoms with E-state index in [1.165, 1.54) is 19.4 Å². The van der Waals surface area contributed by atoms with E-state index < -0.39 is 11.9 Å². The zero-order chi connectivity index (χ0) is 14.7. The van der Waals surface area contributed by atoms with Gasteiger partial charge in [-0.3, -0.25) is 4.68 Å². The van der Waals surface area contributed by atoms with Crippen LogP contribution in [0.4, 0.5) is 4.39 Å². The number of hydrogen-bond donors (Lipinski definition) is 1. The summed E-state index contributed by atoms with van der Waals surface area (Å²) in [5.74, 6) is -0.0185. The number of aromatic nitrogens is 2. The summed E-state index contributed by atoms with van der Waals surface area (Å²) in [4.78, 5) is 0. The van der Waals surface area contributed by atoms with E-state index in [-0.39, 0.29) is 5.56 Å². The zero-order valence-corrected chi connectivity index (χ0v) is 12.2. The molecular formula is C14H17ClFN3O. The summed E-state index contributed by atoms with van der Waals surface area (Å²) in [6.07, 6.45) is 2.41. The van der Waals surface area contributed by atoms with Gasteiger partial charge >= 0.3 is 0 Å². The molecule has 0 amide bonds. The van der Waals surface area contributed by atoms with E-state index in [2.05, 4.69) is 5.10 Å². The second kappa shape index (κ2) is 6.24. The molecule has 1 unspecified atom stereocenters. The van der Waals surface area contributed by atoms with Crippen molar-refractivity contribution < 1.29 is 9.13 Å². The molecule has 1 aromatic carbocycles. The van der Waals surface area contributed by atoms with Crippen molar-refractivity contribution in [3.8, 4) is 5.75 Å². The normalized spacial score (nSPS) is 12.4. The van der Waals surface area contributed by atoms with Gasteiger partial charge in [0.15, 0.2) is 0 Å². The molecule has 0 aliphatic heterocycles. The molecule has 0 fully saturated rings. The summed E-state index contributed by atoms with van der Waals surface area (Å²) in [6, 6.07) is 3.88. The molecule has 1 atom stereocenters. The molecule has 6 heteroatoms. The van der Waals surface area contributed by atoms with E-state index in [0.29, 0.717) is 23.0 Å². The highest BCUT2D eigenvalue weighted by molar-refractivity contribution is 6.31. The molecule has 0 saturated carbocycles. The molecule has 2 rings (SSSR count). The van der Waals surface area contributed by atoms with Crippen molar-refractivity contribution in [1.29, 1.82) is 0 Å². The fourth-order valence-electron chi connectivity index (χ4n) is 2.20. The van der Waals surface area contributed by atoms with Crippen LogP contribution < -0.4 is 10.5 Å². The standard InChI is InChI=1S/C14H17ClFN3O/c1-3-7-19-14(9(15)8-18-19)13(17)12-10(16)5-4-6-11(12)20-2/h4-6,8,13H,3,7,17H2,1-2H3. The second-order valence-electron chi connectivity index (χ2n) is 4.43. The number of rotatable bonds is 5. The summed E-state index contributed by atoms with van der Waals surface area (Å²) >= 11 is 6.15. The molecule has 4 nitrogen and oxygen atoms in total. The van der Waals surface area contributed by atoms with Crippen LogP contribution in [0.1, 0.15) is 30.6 Å². The summed E-state index contributed by atoms with van der Waals surface area (Å²) in [5.41, 5.74) is 7.09. The van der Waals surface area contributed by atoms with Gasteiger partial charge in [0.25, 0.3) is 0 Å². The Morgan fingerprint density at radius 1 is 1.50 bits per heavy atom. The van der Waals surface area contributed by atoms with Crippen LogP contribution in [0.15, 0.2) is 24.4 Å². The Hall–Kier alpha value is -1.59. The Bertz CT molecular complexity index is 600. The summed E-state index contributed by atoms with van der Waals surface area (Å²) in [6.45, 7) is 2.70. The predicted molar refractivity (Wildman–Crippen MR) is 76.5 cm³/mol. The van der Waals surface area contributed by atoms with Crippen LogP contribution in [0, 0.1) is 5.82 Å². The van der Waals surface area contributed by atoms with Crippen molar-refractivity contribution in [3.05, 3.63) is 46.5 Å². The third-order valence-corrected chi connectivity index (χ3v) is 3.40. The molecule has 0 radical (unpaired) electrons. The number of benzene rings is 1. The molecule has 20 heavy (non-hydrogen) atoms. The molecule has 2 N–H and O–H groups in total. The van der Waals surface area contributed by atoms with E-state index in [1.807, 2.05) is 6.92 Å². The Morgan fingerprint density at radius 3 is 2.90 bits per heavy atom. The maximum Gasteiger partial charge on any atom is 0.132 e. The molecular weight excluding hydrogens is 281 g/mol. The topological polar surface area (TPSA) is 53.1 Å². The predicted octanol–water partition coefficient (Wildman–Crippen LogP) is 3.14. The van der Waals surface area contributed by atoms with E-state index in [4.69, 9.17) is 22.1 Å². The van der Waals surface area contributed by atoms with Gasteiger partial charge in [-0.2, -0.15) is 5.10 Å². The highest BCUT2D eigenvalue weighted by atomic mass is 35.5. The average molecular weight is 298 g/mol. The smallest absolute Gasteiger partial charge is 0.132 e. The van der Waals surface area contributed by atoms with Crippen molar-refractivity contribution in [1.82, 2.24) is 9.78 Å². The summed E-state index contributed by atoms with van der Waals surface area (Å²) < 4.78 is 21.0. The molecule has 108 valence electrons. The maximum absolute atomic E-state index is 14.1. The number of methoxy groups -OCH3 is 1. The lowest BCUT2D eigenvalue weighted by Gasteiger charge is -2.18. The lowest BCUT2D eigenvalue weighted by atomic mass is 10.0. The SMILES string of the molecule is CCCn1ncc(Cl)c1C(N)c1c(F)cccc1OC. The van der Waals surface area contributed by atoms with Crippen LogP contribution in [-0.4, -0.2) is 16.9 Å². The van der Waals surface area contributed by atoms with Gasteiger partial charge in [0.1, 0.15) is 11.6 Å². The monoisotopic (exact) mass is 297 g/mol. The van der Waals surface area contributed by atoms with E-state index in [1.54, 1.807) is 16.8 Å². The summed E-state index contributed by atoms with van der Waals surface area (Å²) in [7, 11) is 1.48. The lowest BCUT2D eigenvalue weighted by molar-refractivity contribution is 0.400. The minimum absolute atomic E-state index is 0.287. The van der Waals surface area contributed by atoms with Crippen LogP contribution in [0.5, 0.6) is 5.75 Å². The first-order valence-corrected chi connectivity index (χ1v) is 6.77. The van der Waals surface area contributed by atoms with Gasteiger partial charge in [0, 0.05) is 6.54 Å². The minimum atomic E-state index is -0.729. The largest absolute Gasteiger partial charge is 0.496 e. The van der Waals surface area contributed by atoms with Crippen molar-refractivity contribution in [2.24, 2.45) is 5.73 Å². The molecule has 0 bridgehead atoms. The number of aryl methyl sites for hydroxylation is 1. The Kier molecular flexibility index (Phi) is 4.62. The van der Waals surface area contributed by atoms with Gasteiger partial charge in [-0.05, 0) is 18.6 Å². The van der Waals surface area contributed by atoms with Crippen LogP contribution in [-0.2, 0) is 6.54 Å². The number of hydrogen-bond acceptors (Lipinski definition) is 3. The highest BCUT2D eigenvalue weighted by Gasteiger charge is 2.24. The van der Waals surface area contributed by atoms with E-state index in [0.717, 1.165) is 6.42 Å². The van der Waals surface area contributed by atoms with Crippen LogP contribution in [0.3, 0.4) is 0 Å². The number of halogens is 2. The molecule has 0 saturated heterocycles. The molecule has 0 aliphatic rings. The zero-order valence-electron chi connectivity index (χ0n) is 11.4. The Morgan fingerprint density at radius 2 is 2.25 bits per heavy atom. The van der Waals surface area contributed by atoms with Crippen molar-refractivity contribution in [3.63, 3.8) is 0 Å². The van der Waals surface area contributed by atoms with Crippen LogP contribution >= 0.6 is 11.6 Å². The number of nitrogens with two attached hydrogens (primary N) is 1. The Labute approximate surface area is 122 Å². The van der Waals surface area contributed by atoms with E-state index >= 15 is 0 Å². The van der Waals surface area contributed by atoms with Crippen molar-refractivity contribution in [2.45, 2.75) is 25.9 Å². The quantitative estimate of drug-likeness (QED) is 0.922. The maximum atomic E-state index is 14.1. The fraction of sp³-hybridized carbons (Fsp3) is 0.357. The Balaban J connectivity index is 2.51. The fourth-order valence-corrected chi connectivity index (χ4v) is 2.46. The van der Waals surface area contributed by atoms with Gasteiger partial charge < -0.3 is 10.5 Å². The number of nitrogens with zero attached hydrogens (tertiary/aromatic N) is 2. The van der Waals surface area contributed by atoms with Gasteiger partial charge in [0.2, 0.25) is 0 Å². The highest BCUT2D eigenvalue weighted by Crippen LogP contribution is 2.33. The van der Waals surface area contributed by atoms with Crippen LogP contribution in [0.25, 0.3) is 0 Å². The van der Waals surface area contributed by atoms with Crippen molar-refractivity contribution in [2.75, 3.05) is 7.11 Å². The summed E-state index contributed by atoms with van der Waals surface area (Å²) in [5, 5.41) is 4.61. The number of ether oxygens (including phenoxy) is 1. The molecule has 0 spiro atoms. The van der Waals surface area contributed by atoms with E-state index in [9.17, 15) is 4.39 Å². The first kappa shape index (κ1) is 14.8. The van der Waals surface area contributed by atoms with Gasteiger partial charge in [0.05, 0.1) is 35.6 Å². The first-order chi connectivity index (χ1) is 9.60. The van der Waals surface area contributed by atoms with Gasteiger partial charge in [-0.1, -0.05) is 24.6 Å². The first-order valence-electron chi connectivity index (χ1n) is 6.39. The third kappa shape index (κ3) is 2.64.